The molecule has 3 rings (SSSR count). The predicted octanol–water partition coefficient (Wildman–Crippen LogP) is 3.49. The SMILES string of the molecule is CCCNC(=O)COC(=O)c1cc(-c2ccc(C)o2)nc2ccccc12. The fourth-order valence-electron chi connectivity index (χ4n) is 2.57. The summed E-state index contributed by atoms with van der Waals surface area (Å²) < 4.78 is 10.8. The Bertz CT molecular complexity index is 946. The number of rotatable bonds is 6. The highest BCUT2D eigenvalue weighted by Gasteiger charge is 2.17. The molecule has 0 saturated carbocycles. The van der Waals surface area contributed by atoms with Gasteiger partial charge in [-0.3, -0.25) is 4.79 Å². The average molecular weight is 352 g/mol. The quantitative estimate of drug-likeness (QED) is 0.687. The summed E-state index contributed by atoms with van der Waals surface area (Å²) in [7, 11) is 0. The van der Waals surface area contributed by atoms with Gasteiger partial charge in [0.15, 0.2) is 12.4 Å². The molecule has 0 aliphatic rings. The molecule has 0 aliphatic carbocycles. The number of ether oxygens (including phenoxy) is 1. The summed E-state index contributed by atoms with van der Waals surface area (Å²) in [6, 6.07) is 12.6. The number of esters is 1. The van der Waals surface area contributed by atoms with E-state index in [9.17, 15) is 9.59 Å². The van der Waals surface area contributed by atoms with Crippen molar-refractivity contribution < 1.29 is 18.7 Å². The number of aryl methyl sites for hydroxylation is 1. The molecular weight excluding hydrogens is 332 g/mol. The number of pyridine rings is 1. The van der Waals surface area contributed by atoms with Crippen LogP contribution in [0.25, 0.3) is 22.4 Å². The molecule has 0 atom stereocenters. The third kappa shape index (κ3) is 3.91. The Hall–Kier alpha value is -3.15. The van der Waals surface area contributed by atoms with Crippen LogP contribution in [0.15, 0.2) is 46.9 Å². The summed E-state index contributed by atoms with van der Waals surface area (Å²) in [5.74, 6) is 0.440. The zero-order valence-electron chi connectivity index (χ0n) is 14.7. The lowest BCUT2D eigenvalue weighted by Gasteiger charge is -2.09. The van der Waals surface area contributed by atoms with Gasteiger partial charge in [0.2, 0.25) is 0 Å². The molecular formula is C20H20N2O4. The van der Waals surface area contributed by atoms with E-state index in [1.165, 1.54) is 0 Å². The minimum absolute atomic E-state index is 0.315. The third-order valence-electron chi connectivity index (χ3n) is 3.84. The van der Waals surface area contributed by atoms with Crippen molar-refractivity contribution in [3.8, 4) is 11.5 Å². The van der Waals surface area contributed by atoms with Crippen molar-refractivity contribution in [2.24, 2.45) is 0 Å². The van der Waals surface area contributed by atoms with Gasteiger partial charge in [0.1, 0.15) is 11.5 Å². The highest BCUT2D eigenvalue weighted by atomic mass is 16.5. The van der Waals surface area contributed by atoms with Crippen LogP contribution in [-0.2, 0) is 9.53 Å². The van der Waals surface area contributed by atoms with Crippen LogP contribution in [0.5, 0.6) is 0 Å². The largest absolute Gasteiger partial charge is 0.460 e. The maximum Gasteiger partial charge on any atom is 0.339 e. The molecule has 0 saturated heterocycles. The minimum atomic E-state index is -0.570. The standard InChI is InChI=1S/C20H20N2O4/c1-3-10-21-19(23)12-25-20(24)15-11-17(18-9-8-13(2)26-18)22-16-7-5-4-6-14(15)16/h4-9,11H,3,10,12H2,1-2H3,(H,21,23). The van der Waals surface area contributed by atoms with Gasteiger partial charge in [0.25, 0.3) is 5.91 Å². The molecule has 6 heteroatoms. The van der Waals surface area contributed by atoms with Crippen LogP contribution in [-0.4, -0.2) is 30.0 Å². The molecule has 2 heterocycles. The number of hydrogen-bond acceptors (Lipinski definition) is 5. The van der Waals surface area contributed by atoms with E-state index in [0.717, 1.165) is 12.2 Å². The van der Waals surface area contributed by atoms with Crippen molar-refractivity contribution in [2.75, 3.05) is 13.2 Å². The van der Waals surface area contributed by atoms with Crippen molar-refractivity contribution in [1.29, 1.82) is 0 Å². The molecule has 6 nitrogen and oxygen atoms in total. The molecule has 1 aromatic carbocycles. The summed E-state index contributed by atoms with van der Waals surface area (Å²) in [5, 5.41) is 3.34. The second-order valence-electron chi connectivity index (χ2n) is 5.91. The van der Waals surface area contributed by atoms with Crippen LogP contribution in [0.2, 0.25) is 0 Å². The Morgan fingerprint density at radius 3 is 2.73 bits per heavy atom. The maximum absolute atomic E-state index is 12.6. The fraction of sp³-hybridized carbons (Fsp3) is 0.250. The molecule has 0 fully saturated rings. The van der Waals surface area contributed by atoms with Crippen LogP contribution in [0.4, 0.5) is 0 Å². The van der Waals surface area contributed by atoms with Crippen molar-refractivity contribution in [3.05, 3.63) is 53.8 Å². The first kappa shape index (κ1) is 17.7. The molecule has 0 radical (unpaired) electrons. The minimum Gasteiger partial charge on any atom is -0.460 e. The molecule has 0 bridgehead atoms. The van der Waals surface area contributed by atoms with E-state index in [4.69, 9.17) is 9.15 Å². The first-order valence-corrected chi connectivity index (χ1v) is 8.49. The van der Waals surface area contributed by atoms with Crippen molar-refractivity contribution in [2.45, 2.75) is 20.3 Å². The van der Waals surface area contributed by atoms with E-state index in [1.54, 1.807) is 18.2 Å². The third-order valence-corrected chi connectivity index (χ3v) is 3.84. The number of nitrogens with zero attached hydrogens (tertiary/aromatic N) is 1. The normalized spacial score (nSPS) is 10.7. The lowest BCUT2D eigenvalue weighted by molar-refractivity contribution is -0.124. The molecule has 26 heavy (non-hydrogen) atoms. The predicted molar refractivity (Wildman–Crippen MR) is 97.8 cm³/mol. The maximum atomic E-state index is 12.6. The van der Waals surface area contributed by atoms with Gasteiger partial charge in [-0.25, -0.2) is 9.78 Å². The van der Waals surface area contributed by atoms with E-state index in [-0.39, 0.29) is 12.5 Å². The van der Waals surface area contributed by atoms with Gasteiger partial charge in [-0.1, -0.05) is 25.1 Å². The number of amides is 1. The Labute approximate surface area is 151 Å². The molecule has 0 unspecified atom stereocenters. The number of nitrogens with one attached hydrogen (secondary N) is 1. The Morgan fingerprint density at radius 2 is 2.00 bits per heavy atom. The number of hydrogen-bond donors (Lipinski definition) is 1. The van der Waals surface area contributed by atoms with E-state index in [2.05, 4.69) is 10.3 Å². The monoisotopic (exact) mass is 352 g/mol. The van der Waals surface area contributed by atoms with Crippen molar-refractivity contribution >= 4 is 22.8 Å². The van der Waals surface area contributed by atoms with Gasteiger partial charge in [0.05, 0.1) is 11.1 Å². The second-order valence-corrected chi connectivity index (χ2v) is 5.91. The molecule has 1 amide bonds. The zero-order chi connectivity index (χ0) is 18.5. The second kappa shape index (κ2) is 7.82. The summed E-state index contributed by atoms with van der Waals surface area (Å²) in [6.07, 6.45) is 0.820. The van der Waals surface area contributed by atoms with Gasteiger partial charge in [0, 0.05) is 11.9 Å². The van der Waals surface area contributed by atoms with Gasteiger partial charge in [-0.15, -0.1) is 0 Å². The van der Waals surface area contributed by atoms with Crippen molar-refractivity contribution in [3.63, 3.8) is 0 Å². The van der Waals surface area contributed by atoms with Crippen LogP contribution < -0.4 is 5.32 Å². The van der Waals surface area contributed by atoms with Crippen LogP contribution in [0.3, 0.4) is 0 Å². The van der Waals surface area contributed by atoms with Gasteiger partial charge in [-0.05, 0) is 37.6 Å². The fourth-order valence-corrected chi connectivity index (χ4v) is 2.57. The zero-order valence-corrected chi connectivity index (χ0v) is 14.7. The van der Waals surface area contributed by atoms with Crippen LogP contribution in [0, 0.1) is 6.92 Å². The smallest absolute Gasteiger partial charge is 0.339 e. The van der Waals surface area contributed by atoms with Gasteiger partial charge in [-0.2, -0.15) is 0 Å². The molecule has 0 aliphatic heterocycles. The summed E-state index contributed by atoms with van der Waals surface area (Å²) >= 11 is 0. The Morgan fingerprint density at radius 1 is 1.19 bits per heavy atom. The van der Waals surface area contributed by atoms with Gasteiger partial charge >= 0.3 is 5.97 Å². The number of carbonyl (C=O) groups excluding carboxylic acids is 2. The number of para-hydroxylation sites is 1. The molecule has 3 aromatic rings. The lowest BCUT2D eigenvalue weighted by Crippen LogP contribution is -2.29. The lowest BCUT2D eigenvalue weighted by atomic mass is 10.1. The average Bonchev–Trinajstić information content (AvgIpc) is 3.09. The molecule has 0 spiro atoms. The highest BCUT2D eigenvalue weighted by Crippen LogP contribution is 2.26. The van der Waals surface area contributed by atoms with Crippen LogP contribution >= 0.6 is 0 Å². The molecule has 2 aromatic heterocycles. The van der Waals surface area contributed by atoms with Gasteiger partial charge < -0.3 is 14.5 Å². The number of aromatic nitrogens is 1. The Balaban J connectivity index is 1.91. The Kier molecular flexibility index (Phi) is 5.31. The summed E-state index contributed by atoms with van der Waals surface area (Å²) in [5.41, 5.74) is 1.54. The molecule has 1 N–H and O–H groups in total. The van der Waals surface area contributed by atoms with Crippen LogP contribution in [0.1, 0.15) is 29.5 Å². The number of fused-ring (bicyclic) bond motifs is 1. The highest BCUT2D eigenvalue weighted by molar-refractivity contribution is 6.05. The number of furan rings is 1. The van der Waals surface area contributed by atoms with E-state index < -0.39 is 5.97 Å². The number of carbonyl (C=O) groups is 2. The van der Waals surface area contributed by atoms with Crippen molar-refractivity contribution in [1.82, 2.24) is 10.3 Å². The molecule has 134 valence electrons. The van der Waals surface area contributed by atoms with E-state index in [0.29, 0.717) is 34.5 Å². The summed E-state index contributed by atoms with van der Waals surface area (Å²) in [6.45, 7) is 4.03. The first-order valence-electron chi connectivity index (χ1n) is 8.49. The summed E-state index contributed by atoms with van der Waals surface area (Å²) in [4.78, 5) is 28.8. The number of benzene rings is 1. The van der Waals surface area contributed by atoms with E-state index in [1.807, 2.05) is 38.1 Å². The topological polar surface area (TPSA) is 81.4 Å². The van der Waals surface area contributed by atoms with E-state index >= 15 is 0 Å². The first-order chi connectivity index (χ1) is 12.6.